The Morgan fingerprint density at radius 3 is 1.03 bits per heavy atom. The van der Waals surface area contributed by atoms with E-state index in [0.717, 1.165) is 12.8 Å². The smallest absolute Gasteiger partial charge is 0.396 e. The van der Waals surface area contributed by atoms with E-state index >= 15 is 0 Å². The van der Waals surface area contributed by atoms with Gasteiger partial charge in [-0.3, -0.25) is 61.2 Å². The van der Waals surface area contributed by atoms with Gasteiger partial charge in [-0.15, -0.1) is 0 Å². The van der Waals surface area contributed by atoms with Gasteiger partial charge >= 0.3 is 15.6 Å². The fourth-order valence-electron chi connectivity index (χ4n) is 16.2. The van der Waals surface area contributed by atoms with Gasteiger partial charge in [-0.25, -0.2) is 9.13 Å². The lowest BCUT2D eigenvalue weighted by molar-refractivity contribution is -0.270. The number of Topliss-reactive ketones (excluding diaryl/α,β-unsaturated/α-hetero) is 1. The van der Waals surface area contributed by atoms with Crippen molar-refractivity contribution in [2.24, 2.45) is 22.2 Å². The molecule has 734 valence electrons. The summed E-state index contributed by atoms with van der Waals surface area (Å²) < 4.78 is 91.7. The van der Waals surface area contributed by atoms with Gasteiger partial charge in [-0.05, 0) is 136 Å². The van der Waals surface area contributed by atoms with Crippen LogP contribution in [0.4, 0.5) is 0 Å². The number of unbranched alkanes of at least 4 members (excludes halogenated alkanes) is 10. The number of hydrogen-bond donors (Lipinski definition) is 16. The van der Waals surface area contributed by atoms with Crippen LogP contribution < -0.4 is 26.6 Å². The van der Waals surface area contributed by atoms with Crippen LogP contribution in [0.5, 0.6) is 0 Å². The minimum absolute atomic E-state index is 0.0771. The highest BCUT2D eigenvalue weighted by Crippen LogP contribution is 2.52. The van der Waals surface area contributed by atoms with Crippen molar-refractivity contribution in [2.75, 3.05) is 132 Å². The summed E-state index contributed by atoms with van der Waals surface area (Å²) in [5.41, 5.74) is -3.77. The van der Waals surface area contributed by atoms with Crippen LogP contribution in [0.1, 0.15) is 235 Å². The molecule has 43 heteroatoms. The molecule has 0 bridgehead atoms. The number of piperidine rings is 3. The standard InChI is InChI=1S/C84H150N8O33P2/c1-57-62(48-93)123-78(70(73(57)106)87-58(2)97)115-45-21-16-25-61(100)24-12-8-9-13-28-67(103)90-39-31-82(51-96,32-40-90)53-119-126(111,112)121-55-84(35-43-92(44-36-84)69(105)30-15-11-20-38-86-66(102)27-18-23-47-117-80-72(89-60(4)99)77(110)75(108)64(50-95)125-80)56-122-127(113,114)120-54-83(52-118-81(5,6)7)33-41-91(42-34-83)68(104)29-14-10-19-37-85-65(101)26-17-22-46-116-79-71(88-59(3)98)76(109)74(107)63(49-94)124-79/h57,62-64,70-80,93-96,106-110H,8-56H2,1-7H3,(H,85,101)(H,86,102)(H,87,97)(H,88,98)(H,89,99)(H,111,112)(H,113,114)/t57-,62+,63+,64+,70+,71+,72+,73-,74-,75-,76+,77+,78+,79+,80+/m0/s1. The summed E-state index contributed by atoms with van der Waals surface area (Å²) in [5.74, 6) is -2.41. The van der Waals surface area contributed by atoms with Gasteiger partial charge in [0, 0.05) is 160 Å². The molecular formula is C84H150N8O33P2. The number of likely N-dealkylation sites (tertiary alicyclic amines) is 3. The molecule has 6 heterocycles. The largest absolute Gasteiger partial charge is 0.472 e. The quantitative estimate of drug-likeness (QED) is 0.0305. The minimum Gasteiger partial charge on any atom is -0.396 e. The fourth-order valence-corrected chi connectivity index (χ4v) is 18.1. The summed E-state index contributed by atoms with van der Waals surface area (Å²) >= 11 is 0. The van der Waals surface area contributed by atoms with E-state index in [9.17, 15) is 108 Å². The maximum Gasteiger partial charge on any atom is 0.472 e. The normalized spacial score (nSPS) is 27.0. The van der Waals surface area contributed by atoms with Crippen LogP contribution in [-0.4, -0.2) is 347 Å². The fraction of sp³-hybridized carbons (Fsp3) is 0.893. The molecule has 0 aliphatic carbocycles. The van der Waals surface area contributed by atoms with Gasteiger partial charge in [0.05, 0.1) is 77.3 Å². The molecule has 0 aromatic carbocycles. The molecule has 0 radical (unpaired) electrons. The Morgan fingerprint density at radius 2 is 0.693 bits per heavy atom. The average Bonchev–Trinajstić information content (AvgIpc) is 0.817. The maximum absolute atomic E-state index is 14.2. The molecule has 8 amide bonds. The van der Waals surface area contributed by atoms with Crippen molar-refractivity contribution in [1.29, 1.82) is 0 Å². The predicted octanol–water partition coefficient (Wildman–Crippen LogP) is 1.82. The van der Waals surface area contributed by atoms with E-state index in [0.29, 0.717) is 142 Å². The molecule has 6 aliphatic heterocycles. The van der Waals surface area contributed by atoms with Crippen LogP contribution in [-0.2, 0) is 104 Å². The second-order valence-electron chi connectivity index (χ2n) is 36.2. The topological polar surface area (TPSA) is 582 Å². The molecule has 0 spiro atoms. The number of amides is 8. The first-order valence-corrected chi connectivity index (χ1v) is 48.4. The third-order valence-electron chi connectivity index (χ3n) is 24.6. The molecule has 0 aromatic heterocycles. The Kier molecular flexibility index (Phi) is 48.5. The molecule has 6 rings (SSSR count). The van der Waals surface area contributed by atoms with E-state index in [-0.39, 0.29) is 165 Å². The summed E-state index contributed by atoms with van der Waals surface area (Å²) in [6.07, 6.45) is -0.886. The average molecular weight is 1860 g/mol. The van der Waals surface area contributed by atoms with Gasteiger partial charge in [-0.1, -0.05) is 32.6 Å². The molecule has 0 aromatic rings. The number of carbonyl (C=O) groups is 9. The van der Waals surface area contributed by atoms with E-state index in [1.807, 2.05) is 20.8 Å². The highest BCUT2D eigenvalue weighted by atomic mass is 31.2. The molecule has 6 aliphatic rings. The number of phosphoric acid groups is 2. The first-order valence-electron chi connectivity index (χ1n) is 45.4. The molecule has 2 unspecified atom stereocenters. The highest BCUT2D eigenvalue weighted by Gasteiger charge is 2.50. The van der Waals surface area contributed by atoms with Crippen molar-refractivity contribution in [3.63, 3.8) is 0 Å². The zero-order valence-electron chi connectivity index (χ0n) is 75.4. The van der Waals surface area contributed by atoms with Crippen LogP contribution in [0.25, 0.3) is 0 Å². The highest BCUT2D eigenvalue weighted by molar-refractivity contribution is 7.47. The van der Waals surface area contributed by atoms with Gasteiger partial charge in [0.15, 0.2) is 18.9 Å². The molecule has 16 N–H and O–H groups in total. The first-order chi connectivity index (χ1) is 60.2. The van der Waals surface area contributed by atoms with Gasteiger partial charge < -0.3 is 130 Å². The number of aliphatic hydroxyl groups excluding tert-OH is 9. The van der Waals surface area contributed by atoms with Crippen molar-refractivity contribution < 1.29 is 159 Å². The van der Waals surface area contributed by atoms with Gasteiger partial charge in [0.2, 0.25) is 47.3 Å². The Labute approximate surface area is 746 Å². The number of carbonyl (C=O) groups excluding carboxylic acids is 9. The number of nitrogens with one attached hydrogen (secondary N) is 5. The molecule has 127 heavy (non-hydrogen) atoms. The summed E-state index contributed by atoms with van der Waals surface area (Å²) in [6.45, 7) is 9.93. The van der Waals surface area contributed by atoms with Crippen molar-refractivity contribution >= 4 is 68.7 Å². The Bertz CT molecular complexity index is 3440. The summed E-state index contributed by atoms with van der Waals surface area (Å²) in [4.78, 5) is 142. The van der Waals surface area contributed by atoms with E-state index in [1.54, 1.807) is 21.6 Å². The van der Waals surface area contributed by atoms with Crippen molar-refractivity contribution in [2.45, 2.75) is 326 Å². The number of nitrogens with zero attached hydrogens (tertiary/aromatic N) is 3. The van der Waals surface area contributed by atoms with Crippen LogP contribution in [0.3, 0.4) is 0 Å². The van der Waals surface area contributed by atoms with Crippen molar-refractivity contribution in [1.82, 2.24) is 41.3 Å². The van der Waals surface area contributed by atoms with Gasteiger partial charge in [0.25, 0.3) is 0 Å². The number of phosphoric ester groups is 2. The van der Waals surface area contributed by atoms with Gasteiger partial charge in [-0.2, -0.15) is 0 Å². The molecule has 0 saturated carbocycles. The van der Waals surface area contributed by atoms with E-state index in [4.69, 9.17) is 51.3 Å². The summed E-state index contributed by atoms with van der Waals surface area (Å²) in [7, 11) is -9.93. The van der Waals surface area contributed by atoms with E-state index < -0.39 is 181 Å². The lowest BCUT2D eigenvalue weighted by atomic mass is 9.79. The van der Waals surface area contributed by atoms with Crippen LogP contribution in [0.15, 0.2) is 0 Å². The molecular weight excluding hydrogens is 1710 g/mol. The lowest BCUT2D eigenvalue weighted by Crippen LogP contribution is -2.64. The maximum atomic E-state index is 14.2. The van der Waals surface area contributed by atoms with E-state index in [1.165, 1.54) is 20.8 Å². The van der Waals surface area contributed by atoms with Crippen LogP contribution >= 0.6 is 15.6 Å². The third-order valence-corrected chi connectivity index (χ3v) is 26.4. The number of ketones is 1. The van der Waals surface area contributed by atoms with Crippen molar-refractivity contribution in [3.05, 3.63) is 0 Å². The molecule has 6 fully saturated rings. The molecule has 17 atom stereocenters. The Morgan fingerprint density at radius 1 is 0.394 bits per heavy atom. The number of rotatable bonds is 58. The van der Waals surface area contributed by atoms with Gasteiger partial charge in [0.1, 0.15) is 60.5 Å². The zero-order chi connectivity index (χ0) is 93.6. The van der Waals surface area contributed by atoms with Crippen molar-refractivity contribution in [3.8, 4) is 0 Å². The number of aliphatic hydroxyl groups is 9. The second kappa shape index (κ2) is 55.6. The molecule has 41 nitrogen and oxygen atoms in total. The number of hydrogen-bond acceptors (Lipinski definition) is 31. The monoisotopic (exact) mass is 1860 g/mol. The van der Waals surface area contributed by atoms with E-state index in [2.05, 4.69) is 26.6 Å². The summed E-state index contributed by atoms with van der Waals surface area (Å²) in [6, 6.07) is -2.98. The Hall–Kier alpha value is -4.99. The van der Waals surface area contributed by atoms with Crippen LogP contribution in [0.2, 0.25) is 0 Å². The predicted molar refractivity (Wildman–Crippen MR) is 455 cm³/mol. The Balaban J connectivity index is 0.944. The summed E-state index contributed by atoms with van der Waals surface area (Å²) in [5, 5.41) is 105. The number of ether oxygens (including phenoxy) is 7. The molecule has 6 saturated heterocycles. The first kappa shape index (κ1) is 111. The SMILES string of the molecule is CC(=O)N[C@H]1[C@H](OCCCCC(=O)CCCCCCC(=O)N2CCC(CO)(COP(=O)(O)OCC3(COP(=O)(O)OCC4(COC(C)(C)C)CCN(C(=O)CCCCCNC(=O)CCCCO[C@@H]5O[C@H](CO)[C@H](O)[C@H](O)[C@H]5NC(C)=O)CC4)CCN(C(=O)CCCCCNC(=O)CCCCO[C@@H]4O[C@H](CO)[C@H](O)[C@H](O)[C@H]4NC(C)=O)CC3)CC2)O[C@H](CO)[C@H](C)[C@@H]1O. The lowest BCUT2D eigenvalue weighted by Gasteiger charge is -2.43. The second-order valence-corrected chi connectivity index (χ2v) is 39.1. The minimum atomic E-state index is -4.97. The zero-order valence-corrected chi connectivity index (χ0v) is 77.2. The van der Waals surface area contributed by atoms with Crippen LogP contribution in [0, 0.1) is 22.2 Å². The third kappa shape index (κ3) is 38.9.